The molecule has 218 valence electrons. The Bertz CT molecular complexity index is 1500. The van der Waals surface area contributed by atoms with Crippen LogP contribution in [0.1, 0.15) is 45.8 Å². The fraction of sp³-hybridized carbons (Fsp3) is 0.241. The first-order valence-electron chi connectivity index (χ1n) is 13.1. The molecule has 1 unspecified atom stereocenters. The van der Waals surface area contributed by atoms with Crippen LogP contribution in [0.4, 0.5) is 4.79 Å². The lowest BCUT2D eigenvalue weighted by atomic mass is 9.98. The molecule has 13 heteroatoms. The van der Waals surface area contributed by atoms with Crippen LogP contribution in [0.15, 0.2) is 72.8 Å². The van der Waals surface area contributed by atoms with E-state index in [-0.39, 0.29) is 50.7 Å². The number of hydroxylamine groups is 2. The number of fused-ring (bicyclic) bond motifs is 3. The molecule has 3 aromatic carbocycles. The maximum atomic E-state index is 12.2. The number of phosphoric acid groups is 1. The summed E-state index contributed by atoms with van der Waals surface area (Å²) in [5.74, 6) is -2.18. The van der Waals surface area contributed by atoms with Gasteiger partial charge in [-0.2, -0.15) is 0 Å². The minimum atomic E-state index is -4.45. The van der Waals surface area contributed by atoms with Gasteiger partial charge in [-0.3, -0.25) is 18.6 Å². The second kappa shape index (κ2) is 12.7. The Kier molecular flexibility index (Phi) is 8.79. The van der Waals surface area contributed by atoms with Crippen molar-refractivity contribution in [3.63, 3.8) is 0 Å². The number of nitrogens with one attached hydrogen (secondary N) is 1. The van der Waals surface area contributed by atoms with E-state index in [2.05, 4.69) is 5.32 Å². The zero-order valence-corrected chi connectivity index (χ0v) is 23.2. The molecule has 1 aliphatic heterocycles. The Hall–Kier alpha value is -4.35. The number of phosphoric ester groups is 1. The standard InChI is InChI=1S/C29H27N2O10P/c32-26-13-14-27(33)31(26)41-28(34)20-11-9-19(10-12-20)17-40-42(36,37)39-16-15-30-29(35)38-18-25-23-7-3-1-5-21(23)22-6-2-4-8-24(22)25/h1-12,25H,13-18H2,(H,30,35)(H,36,37). The molecule has 1 aliphatic carbocycles. The van der Waals surface area contributed by atoms with Crippen LogP contribution in [0.25, 0.3) is 11.1 Å². The largest absolute Gasteiger partial charge is 0.472 e. The van der Waals surface area contributed by atoms with E-state index in [1.54, 1.807) is 0 Å². The Morgan fingerprint density at radius 1 is 0.881 bits per heavy atom. The number of ether oxygens (including phenoxy) is 1. The van der Waals surface area contributed by atoms with Crippen LogP contribution in [0.2, 0.25) is 0 Å². The highest BCUT2D eigenvalue weighted by molar-refractivity contribution is 7.47. The van der Waals surface area contributed by atoms with Crippen LogP contribution in [0, 0.1) is 0 Å². The molecule has 12 nitrogen and oxygen atoms in total. The summed E-state index contributed by atoms with van der Waals surface area (Å²) in [6.07, 6.45) is -0.722. The topological polar surface area (TPSA) is 158 Å². The molecule has 1 fully saturated rings. The summed E-state index contributed by atoms with van der Waals surface area (Å²) in [5.41, 5.74) is 4.89. The molecule has 1 atom stereocenters. The van der Waals surface area contributed by atoms with Crippen molar-refractivity contribution in [3.8, 4) is 11.1 Å². The number of nitrogens with zero attached hydrogens (tertiary/aromatic N) is 1. The number of hydrogen-bond acceptors (Lipinski definition) is 9. The molecule has 2 aliphatic rings. The minimum absolute atomic E-state index is 0.0167. The van der Waals surface area contributed by atoms with Crippen LogP contribution in [-0.4, -0.2) is 53.6 Å². The molecule has 5 rings (SSSR count). The van der Waals surface area contributed by atoms with E-state index < -0.39 is 31.7 Å². The number of imide groups is 1. The number of hydrogen-bond donors (Lipinski definition) is 2. The summed E-state index contributed by atoms with van der Waals surface area (Å²) in [5, 5.41) is 2.93. The van der Waals surface area contributed by atoms with Crippen molar-refractivity contribution in [1.29, 1.82) is 0 Å². The lowest BCUT2D eigenvalue weighted by Gasteiger charge is -2.15. The van der Waals surface area contributed by atoms with Crippen molar-refractivity contribution in [2.75, 3.05) is 19.8 Å². The predicted molar refractivity (Wildman–Crippen MR) is 147 cm³/mol. The van der Waals surface area contributed by atoms with Gasteiger partial charge in [-0.25, -0.2) is 14.2 Å². The first-order chi connectivity index (χ1) is 20.2. The van der Waals surface area contributed by atoms with E-state index in [9.17, 15) is 28.6 Å². The Morgan fingerprint density at radius 3 is 2.10 bits per heavy atom. The molecule has 0 saturated carbocycles. The van der Waals surface area contributed by atoms with E-state index in [1.165, 1.54) is 24.3 Å². The van der Waals surface area contributed by atoms with E-state index in [0.29, 0.717) is 10.6 Å². The maximum absolute atomic E-state index is 12.2. The van der Waals surface area contributed by atoms with Gasteiger partial charge in [-0.1, -0.05) is 60.7 Å². The number of benzene rings is 3. The van der Waals surface area contributed by atoms with Gasteiger partial charge in [0, 0.05) is 25.3 Å². The fourth-order valence-corrected chi connectivity index (χ4v) is 5.40. The van der Waals surface area contributed by atoms with Gasteiger partial charge in [0.25, 0.3) is 11.8 Å². The van der Waals surface area contributed by atoms with Crippen LogP contribution >= 0.6 is 7.82 Å². The van der Waals surface area contributed by atoms with Gasteiger partial charge in [-0.15, -0.1) is 5.06 Å². The van der Waals surface area contributed by atoms with Gasteiger partial charge in [0.2, 0.25) is 0 Å². The SMILES string of the molecule is O=C(NCCOP(=O)(O)OCc1ccc(C(=O)ON2C(=O)CCC2=O)cc1)OCC1c2ccccc2-c2ccccc21. The predicted octanol–water partition coefficient (Wildman–Crippen LogP) is 4.08. The monoisotopic (exact) mass is 594 g/mol. The summed E-state index contributed by atoms with van der Waals surface area (Å²) < 4.78 is 27.5. The summed E-state index contributed by atoms with van der Waals surface area (Å²) in [4.78, 5) is 62.4. The van der Waals surface area contributed by atoms with Crippen molar-refractivity contribution < 1.29 is 47.3 Å². The molecule has 0 radical (unpaired) electrons. The van der Waals surface area contributed by atoms with E-state index in [1.807, 2.05) is 48.5 Å². The quantitative estimate of drug-likeness (QED) is 0.188. The zero-order chi connectivity index (χ0) is 29.7. The van der Waals surface area contributed by atoms with E-state index in [0.717, 1.165) is 22.3 Å². The summed E-state index contributed by atoms with van der Waals surface area (Å²) in [7, 11) is -4.45. The molecular weight excluding hydrogens is 567 g/mol. The van der Waals surface area contributed by atoms with Gasteiger partial charge < -0.3 is 19.8 Å². The third-order valence-corrected chi connectivity index (χ3v) is 7.70. The van der Waals surface area contributed by atoms with E-state index in [4.69, 9.17) is 18.6 Å². The highest BCUT2D eigenvalue weighted by atomic mass is 31.2. The third-order valence-electron chi connectivity index (χ3n) is 6.73. The first kappa shape index (κ1) is 29.2. The molecule has 3 amide bonds. The molecule has 0 bridgehead atoms. The molecule has 0 spiro atoms. The van der Waals surface area contributed by atoms with Gasteiger partial charge in [0.15, 0.2) is 0 Å². The maximum Gasteiger partial charge on any atom is 0.472 e. The van der Waals surface area contributed by atoms with Crippen LogP contribution in [0.3, 0.4) is 0 Å². The second-order valence-electron chi connectivity index (χ2n) is 9.49. The smallest absolute Gasteiger partial charge is 0.449 e. The van der Waals surface area contributed by atoms with Crippen molar-refractivity contribution in [1.82, 2.24) is 10.4 Å². The van der Waals surface area contributed by atoms with E-state index >= 15 is 0 Å². The first-order valence-corrected chi connectivity index (χ1v) is 14.6. The Labute approximate surface area is 240 Å². The molecule has 3 aromatic rings. The average molecular weight is 595 g/mol. The molecule has 42 heavy (non-hydrogen) atoms. The van der Waals surface area contributed by atoms with Gasteiger partial charge in [0.05, 0.1) is 18.8 Å². The number of carbonyl (C=O) groups is 4. The molecule has 0 aromatic heterocycles. The Balaban J connectivity index is 1.02. The minimum Gasteiger partial charge on any atom is -0.449 e. The van der Waals surface area contributed by atoms with Gasteiger partial charge in [-0.05, 0) is 39.9 Å². The lowest BCUT2D eigenvalue weighted by molar-refractivity contribution is -0.172. The highest BCUT2D eigenvalue weighted by Gasteiger charge is 2.33. The van der Waals surface area contributed by atoms with Crippen molar-refractivity contribution in [2.45, 2.75) is 25.4 Å². The Morgan fingerprint density at radius 2 is 1.48 bits per heavy atom. The number of amides is 3. The van der Waals surface area contributed by atoms with Crippen LogP contribution in [-0.2, 0) is 39.4 Å². The molecule has 1 saturated heterocycles. The summed E-state index contributed by atoms with van der Waals surface area (Å²) in [6, 6.07) is 21.5. The zero-order valence-electron chi connectivity index (χ0n) is 22.3. The van der Waals surface area contributed by atoms with Crippen LogP contribution < -0.4 is 5.32 Å². The van der Waals surface area contributed by atoms with Crippen molar-refractivity contribution >= 4 is 31.7 Å². The molecular formula is C29H27N2O10P. The number of alkyl carbamates (subject to hydrolysis) is 1. The number of rotatable bonds is 11. The summed E-state index contributed by atoms with van der Waals surface area (Å²) >= 11 is 0. The van der Waals surface area contributed by atoms with Gasteiger partial charge in [0.1, 0.15) is 6.61 Å². The fourth-order valence-electron chi connectivity index (χ4n) is 4.69. The molecule has 1 heterocycles. The number of carbonyl (C=O) groups excluding carboxylic acids is 4. The van der Waals surface area contributed by atoms with Gasteiger partial charge >= 0.3 is 19.9 Å². The second-order valence-corrected chi connectivity index (χ2v) is 10.9. The van der Waals surface area contributed by atoms with Crippen molar-refractivity contribution in [2.24, 2.45) is 0 Å². The van der Waals surface area contributed by atoms with Crippen molar-refractivity contribution in [3.05, 3.63) is 95.1 Å². The molecule has 2 N–H and O–H groups in total. The normalized spacial score (nSPS) is 15.6. The highest BCUT2D eigenvalue weighted by Crippen LogP contribution is 2.45. The van der Waals surface area contributed by atoms with Crippen LogP contribution in [0.5, 0.6) is 0 Å². The summed E-state index contributed by atoms with van der Waals surface area (Å²) in [6.45, 7) is -0.584. The lowest BCUT2D eigenvalue weighted by Crippen LogP contribution is -2.32. The third kappa shape index (κ3) is 6.75. The average Bonchev–Trinajstić information content (AvgIpc) is 3.49.